The molecule has 1 atom stereocenters. The largest absolute Gasteiger partial charge is 0.416 e. The predicted octanol–water partition coefficient (Wildman–Crippen LogP) is 5.15. The van der Waals surface area contributed by atoms with E-state index in [9.17, 15) is 18.0 Å². The van der Waals surface area contributed by atoms with Gasteiger partial charge in [-0.15, -0.1) is 0 Å². The van der Waals surface area contributed by atoms with Crippen molar-refractivity contribution < 1.29 is 28.2 Å². The standard InChI is InChI=1S/C27H28F3N3O3/c28-27(29,30)22-11-8-18(9-12-22)17-4-6-20(7-5-17)25(19-2-1-3-19)33-23-13-10-21(16-32-23)26(36)31-15-14-24(34)35/h4-13,16,19,24-25,34-35H,1-3,14-15H2,(H,31,36)(H,32,33). The first-order chi connectivity index (χ1) is 17.2. The van der Waals surface area contributed by atoms with Crippen molar-refractivity contribution in [3.05, 3.63) is 83.6 Å². The van der Waals surface area contributed by atoms with Gasteiger partial charge >= 0.3 is 6.18 Å². The summed E-state index contributed by atoms with van der Waals surface area (Å²) < 4.78 is 38.5. The predicted molar refractivity (Wildman–Crippen MR) is 130 cm³/mol. The number of anilines is 1. The Balaban J connectivity index is 1.44. The Hall–Kier alpha value is -3.43. The summed E-state index contributed by atoms with van der Waals surface area (Å²) in [5.41, 5.74) is 2.31. The smallest absolute Gasteiger partial charge is 0.368 e. The van der Waals surface area contributed by atoms with E-state index in [1.807, 2.05) is 24.3 Å². The lowest BCUT2D eigenvalue weighted by atomic mass is 9.77. The number of aromatic nitrogens is 1. The molecule has 2 aromatic carbocycles. The van der Waals surface area contributed by atoms with E-state index < -0.39 is 18.0 Å². The molecule has 190 valence electrons. The van der Waals surface area contributed by atoms with E-state index in [4.69, 9.17) is 10.2 Å². The number of carbonyl (C=O) groups excluding carboxylic acids is 1. The summed E-state index contributed by atoms with van der Waals surface area (Å²) in [4.78, 5) is 16.6. The Morgan fingerprint density at radius 1 is 0.972 bits per heavy atom. The zero-order chi connectivity index (χ0) is 25.7. The molecule has 0 saturated heterocycles. The molecule has 1 aromatic heterocycles. The molecule has 0 aliphatic heterocycles. The van der Waals surface area contributed by atoms with E-state index in [2.05, 4.69) is 15.6 Å². The minimum absolute atomic E-state index is 0.0126. The average molecular weight is 500 g/mol. The molecule has 0 spiro atoms. The molecule has 1 unspecified atom stereocenters. The van der Waals surface area contributed by atoms with Crippen LogP contribution < -0.4 is 10.6 Å². The highest BCUT2D eigenvalue weighted by molar-refractivity contribution is 5.94. The fraction of sp³-hybridized carbons (Fsp3) is 0.333. The zero-order valence-corrected chi connectivity index (χ0v) is 19.5. The topological polar surface area (TPSA) is 94.5 Å². The monoisotopic (exact) mass is 499 g/mol. The summed E-state index contributed by atoms with van der Waals surface area (Å²) >= 11 is 0. The van der Waals surface area contributed by atoms with Gasteiger partial charge in [-0.1, -0.05) is 42.8 Å². The first-order valence-corrected chi connectivity index (χ1v) is 11.9. The molecule has 9 heteroatoms. The van der Waals surface area contributed by atoms with Crippen molar-refractivity contribution in [1.29, 1.82) is 0 Å². The van der Waals surface area contributed by atoms with Gasteiger partial charge in [0, 0.05) is 19.2 Å². The van der Waals surface area contributed by atoms with Gasteiger partial charge < -0.3 is 20.8 Å². The summed E-state index contributed by atoms with van der Waals surface area (Å²) in [6.07, 6.45) is -1.00. The van der Waals surface area contributed by atoms with Gasteiger partial charge in [-0.25, -0.2) is 4.98 Å². The molecule has 1 saturated carbocycles. The third-order valence-corrected chi connectivity index (χ3v) is 6.45. The highest BCUT2D eigenvalue weighted by atomic mass is 19.4. The fourth-order valence-electron chi connectivity index (χ4n) is 4.17. The number of amides is 1. The van der Waals surface area contributed by atoms with Crippen LogP contribution in [0.5, 0.6) is 0 Å². The van der Waals surface area contributed by atoms with Crippen molar-refractivity contribution in [3.63, 3.8) is 0 Å². The quantitative estimate of drug-likeness (QED) is 0.306. The minimum atomic E-state index is -4.36. The van der Waals surface area contributed by atoms with Gasteiger partial charge in [-0.2, -0.15) is 13.2 Å². The number of alkyl halides is 3. The Morgan fingerprint density at radius 2 is 1.61 bits per heavy atom. The number of aliphatic hydroxyl groups is 2. The van der Waals surface area contributed by atoms with Gasteiger partial charge in [0.25, 0.3) is 5.91 Å². The van der Waals surface area contributed by atoms with Crippen molar-refractivity contribution in [2.45, 2.75) is 44.2 Å². The van der Waals surface area contributed by atoms with Crippen molar-refractivity contribution in [1.82, 2.24) is 10.3 Å². The molecule has 0 radical (unpaired) electrons. The molecule has 1 fully saturated rings. The normalized spacial score (nSPS) is 14.8. The number of hydrogen-bond donors (Lipinski definition) is 4. The van der Waals surface area contributed by atoms with Crippen molar-refractivity contribution in [2.75, 3.05) is 11.9 Å². The number of pyridine rings is 1. The third kappa shape index (κ3) is 6.41. The van der Waals surface area contributed by atoms with Crippen LogP contribution in [-0.4, -0.2) is 33.9 Å². The van der Waals surface area contributed by atoms with Crippen LogP contribution in [0.4, 0.5) is 19.0 Å². The number of rotatable bonds is 9. The molecule has 4 N–H and O–H groups in total. The number of nitrogens with zero attached hydrogens (tertiary/aromatic N) is 1. The summed E-state index contributed by atoms with van der Waals surface area (Å²) in [6, 6.07) is 16.3. The fourth-order valence-corrected chi connectivity index (χ4v) is 4.17. The average Bonchev–Trinajstić information content (AvgIpc) is 2.82. The van der Waals surface area contributed by atoms with Gasteiger partial charge in [0.2, 0.25) is 0 Å². The lowest BCUT2D eigenvalue weighted by molar-refractivity contribution is -0.137. The highest BCUT2D eigenvalue weighted by Crippen LogP contribution is 2.40. The number of halogens is 3. The Kier molecular flexibility index (Phi) is 7.91. The van der Waals surface area contributed by atoms with Gasteiger partial charge in [0.15, 0.2) is 6.29 Å². The Morgan fingerprint density at radius 3 is 2.11 bits per heavy atom. The molecule has 1 heterocycles. The molecular weight excluding hydrogens is 471 g/mol. The molecule has 0 bridgehead atoms. The number of aliphatic hydroxyl groups excluding tert-OH is 1. The van der Waals surface area contributed by atoms with Gasteiger partial charge in [-0.05, 0) is 59.7 Å². The zero-order valence-electron chi connectivity index (χ0n) is 19.5. The second kappa shape index (κ2) is 11.1. The second-order valence-electron chi connectivity index (χ2n) is 8.97. The minimum Gasteiger partial charge on any atom is -0.368 e. The molecule has 4 rings (SSSR count). The van der Waals surface area contributed by atoms with Crippen LogP contribution in [0.25, 0.3) is 11.1 Å². The molecule has 1 aliphatic carbocycles. The maximum atomic E-state index is 12.8. The van der Waals surface area contributed by atoms with Crippen LogP contribution >= 0.6 is 0 Å². The van der Waals surface area contributed by atoms with Crippen molar-refractivity contribution >= 4 is 11.7 Å². The Labute approximate surface area is 207 Å². The Bertz CT molecular complexity index is 1140. The lowest BCUT2D eigenvalue weighted by Gasteiger charge is -2.35. The van der Waals surface area contributed by atoms with E-state index in [-0.39, 0.29) is 24.9 Å². The summed E-state index contributed by atoms with van der Waals surface area (Å²) in [6.45, 7) is 0.142. The number of hydrogen-bond acceptors (Lipinski definition) is 5. The third-order valence-electron chi connectivity index (χ3n) is 6.45. The first-order valence-electron chi connectivity index (χ1n) is 11.9. The molecule has 1 amide bonds. The second-order valence-corrected chi connectivity index (χ2v) is 8.97. The van der Waals surface area contributed by atoms with E-state index in [0.29, 0.717) is 22.9 Å². The van der Waals surface area contributed by atoms with E-state index in [1.54, 1.807) is 12.1 Å². The highest BCUT2D eigenvalue weighted by Gasteiger charge is 2.30. The van der Waals surface area contributed by atoms with Crippen LogP contribution in [0.15, 0.2) is 66.9 Å². The molecule has 6 nitrogen and oxygen atoms in total. The number of carbonyl (C=O) groups is 1. The number of benzene rings is 2. The molecule has 36 heavy (non-hydrogen) atoms. The number of nitrogens with one attached hydrogen (secondary N) is 2. The van der Waals surface area contributed by atoms with Gasteiger partial charge in [0.1, 0.15) is 5.82 Å². The first kappa shape index (κ1) is 25.7. The summed E-state index contributed by atoms with van der Waals surface area (Å²) in [5, 5.41) is 23.8. The molecule has 3 aromatic rings. The van der Waals surface area contributed by atoms with Crippen LogP contribution in [0.2, 0.25) is 0 Å². The van der Waals surface area contributed by atoms with Crippen LogP contribution in [0, 0.1) is 5.92 Å². The maximum absolute atomic E-state index is 12.8. The maximum Gasteiger partial charge on any atom is 0.416 e. The van der Waals surface area contributed by atoms with Crippen LogP contribution in [0.3, 0.4) is 0 Å². The molecular formula is C27H28F3N3O3. The van der Waals surface area contributed by atoms with Crippen LogP contribution in [-0.2, 0) is 6.18 Å². The summed E-state index contributed by atoms with van der Waals surface area (Å²) in [7, 11) is 0. The van der Waals surface area contributed by atoms with E-state index >= 15 is 0 Å². The lowest BCUT2D eigenvalue weighted by Crippen LogP contribution is -2.28. The van der Waals surface area contributed by atoms with Crippen molar-refractivity contribution in [3.8, 4) is 11.1 Å². The van der Waals surface area contributed by atoms with E-state index in [0.717, 1.165) is 42.5 Å². The SMILES string of the molecule is O=C(NCCC(O)O)c1ccc(NC(c2ccc(-c3ccc(C(F)(F)F)cc3)cc2)C2CCC2)nc1. The van der Waals surface area contributed by atoms with Crippen molar-refractivity contribution in [2.24, 2.45) is 5.92 Å². The van der Waals surface area contributed by atoms with Gasteiger partial charge in [-0.3, -0.25) is 4.79 Å². The van der Waals surface area contributed by atoms with Crippen LogP contribution in [0.1, 0.15) is 53.2 Å². The van der Waals surface area contributed by atoms with E-state index in [1.165, 1.54) is 18.3 Å². The summed E-state index contributed by atoms with van der Waals surface area (Å²) in [5.74, 6) is 0.710. The molecule has 1 aliphatic rings. The van der Waals surface area contributed by atoms with Gasteiger partial charge in [0.05, 0.1) is 17.2 Å².